The fourth-order valence-electron chi connectivity index (χ4n) is 1.16. The smallest absolute Gasteiger partial charge is 0.0752 e. The van der Waals surface area contributed by atoms with E-state index < -0.39 is 0 Å². The molecule has 0 saturated heterocycles. The second kappa shape index (κ2) is 5.55. The number of rotatable bonds is 4. The second-order valence-electron chi connectivity index (χ2n) is 2.95. The van der Waals surface area contributed by atoms with E-state index in [1.165, 1.54) is 5.56 Å². The highest BCUT2D eigenvalue weighted by Gasteiger charge is 1.96. The van der Waals surface area contributed by atoms with Gasteiger partial charge in [-0.05, 0) is 12.0 Å². The van der Waals surface area contributed by atoms with Crippen LogP contribution in [0.1, 0.15) is 18.9 Å². The third-order valence-electron chi connectivity index (χ3n) is 2.01. The van der Waals surface area contributed by atoms with E-state index in [4.69, 9.17) is 4.74 Å². The molecule has 0 heterocycles. The Bertz CT molecular complexity index is 247. The first kappa shape index (κ1) is 10.0. The fraction of sp³-hybridized carbons (Fsp3) is 0.333. The predicted molar refractivity (Wildman–Crippen MR) is 56.6 cm³/mol. The summed E-state index contributed by atoms with van der Waals surface area (Å²) in [6, 6.07) is 10.3. The molecule has 1 rings (SSSR count). The van der Waals surface area contributed by atoms with E-state index in [0.717, 1.165) is 6.42 Å². The highest BCUT2D eigenvalue weighted by molar-refractivity contribution is 5.49. The molecule has 0 radical (unpaired) electrons. The van der Waals surface area contributed by atoms with E-state index in [2.05, 4.69) is 31.2 Å². The van der Waals surface area contributed by atoms with E-state index >= 15 is 0 Å². The van der Waals surface area contributed by atoms with Gasteiger partial charge in [0.15, 0.2) is 0 Å². The number of hydrogen-bond donors (Lipinski definition) is 0. The minimum atomic E-state index is 0.236. The van der Waals surface area contributed by atoms with Crippen molar-refractivity contribution in [1.82, 2.24) is 0 Å². The summed E-state index contributed by atoms with van der Waals surface area (Å²) in [5.74, 6) is 0. The predicted octanol–water partition coefficient (Wildman–Crippen LogP) is 3.12. The summed E-state index contributed by atoms with van der Waals surface area (Å²) in [4.78, 5) is 0. The van der Waals surface area contributed by atoms with Gasteiger partial charge < -0.3 is 4.74 Å². The molecule has 1 heteroatoms. The lowest BCUT2D eigenvalue weighted by atomic mass is 10.1. The lowest BCUT2D eigenvalue weighted by Crippen LogP contribution is -2.03. The Kier molecular flexibility index (Phi) is 4.27. The summed E-state index contributed by atoms with van der Waals surface area (Å²) in [6.07, 6.45) is 5.44. The van der Waals surface area contributed by atoms with E-state index in [0.29, 0.717) is 0 Å². The lowest BCUT2D eigenvalue weighted by molar-refractivity contribution is 0.138. The molecular formula is C12H16O. The van der Waals surface area contributed by atoms with Crippen LogP contribution >= 0.6 is 0 Å². The van der Waals surface area contributed by atoms with E-state index in [-0.39, 0.29) is 6.10 Å². The van der Waals surface area contributed by atoms with Gasteiger partial charge in [0.05, 0.1) is 6.10 Å². The van der Waals surface area contributed by atoms with Crippen molar-refractivity contribution in [2.24, 2.45) is 0 Å². The first-order valence-corrected chi connectivity index (χ1v) is 4.63. The van der Waals surface area contributed by atoms with Crippen LogP contribution in [0.3, 0.4) is 0 Å². The molecule has 1 aromatic carbocycles. The molecule has 0 saturated carbocycles. The van der Waals surface area contributed by atoms with Gasteiger partial charge in [-0.25, -0.2) is 0 Å². The Labute approximate surface area is 80.0 Å². The number of ether oxygens (including phenoxy) is 1. The molecule has 0 aliphatic heterocycles. The molecule has 0 aliphatic carbocycles. The quantitative estimate of drug-likeness (QED) is 0.685. The van der Waals surface area contributed by atoms with Gasteiger partial charge in [0, 0.05) is 7.11 Å². The van der Waals surface area contributed by atoms with Crippen molar-refractivity contribution in [3.05, 3.63) is 42.0 Å². The molecule has 1 aromatic rings. The third kappa shape index (κ3) is 3.43. The van der Waals surface area contributed by atoms with Crippen molar-refractivity contribution in [3.8, 4) is 0 Å². The molecule has 0 aliphatic rings. The maximum Gasteiger partial charge on any atom is 0.0752 e. The molecule has 0 fully saturated rings. The minimum absolute atomic E-state index is 0.236. The van der Waals surface area contributed by atoms with Gasteiger partial charge in [-0.2, -0.15) is 0 Å². The fourth-order valence-corrected chi connectivity index (χ4v) is 1.16. The zero-order valence-electron chi connectivity index (χ0n) is 8.23. The molecule has 0 bridgehead atoms. The van der Waals surface area contributed by atoms with Gasteiger partial charge in [-0.1, -0.05) is 49.4 Å². The van der Waals surface area contributed by atoms with Gasteiger partial charge in [0.1, 0.15) is 0 Å². The highest BCUT2D eigenvalue weighted by Crippen LogP contribution is 2.05. The third-order valence-corrected chi connectivity index (χ3v) is 2.01. The number of hydrogen-bond acceptors (Lipinski definition) is 1. The molecule has 70 valence electrons. The van der Waals surface area contributed by atoms with Gasteiger partial charge in [0.2, 0.25) is 0 Å². The van der Waals surface area contributed by atoms with Gasteiger partial charge in [0.25, 0.3) is 0 Å². The van der Waals surface area contributed by atoms with Crippen LogP contribution in [0.2, 0.25) is 0 Å². The molecule has 0 N–H and O–H groups in total. The van der Waals surface area contributed by atoms with Crippen LogP contribution in [0, 0.1) is 0 Å². The molecule has 13 heavy (non-hydrogen) atoms. The van der Waals surface area contributed by atoms with Crippen LogP contribution in [0.5, 0.6) is 0 Å². The zero-order valence-corrected chi connectivity index (χ0v) is 8.23. The van der Waals surface area contributed by atoms with Crippen LogP contribution in [-0.4, -0.2) is 13.2 Å². The molecule has 0 unspecified atom stereocenters. The first-order valence-electron chi connectivity index (χ1n) is 4.63. The lowest BCUT2D eigenvalue weighted by Gasteiger charge is -2.05. The monoisotopic (exact) mass is 176 g/mol. The summed E-state index contributed by atoms with van der Waals surface area (Å²) < 4.78 is 5.23. The highest BCUT2D eigenvalue weighted by atomic mass is 16.5. The standard InChI is InChI=1S/C12H16O/c1-3-12(13-2)10-9-11-7-5-4-6-8-11/h4-10,12H,3H2,1-2H3/b10-9+/t12-/m1/s1. The SMILES string of the molecule is CC[C@H](/C=C/c1ccccc1)OC. The maximum absolute atomic E-state index is 5.23. The minimum Gasteiger partial charge on any atom is -0.377 e. The van der Waals surface area contributed by atoms with Crippen molar-refractivity contribution < 1.29 is 4.74 Å². The Morgan fingerprint density at radius 2 is 2.00 bits per heavy atom. The number of methoxy groups -OCH3 is 1. The van der Waals surface area contributed by atoms with Crippen LogP contribution < -0.4 is 0 Å². The Balaban J connectivity index is 2.57. The van der Waals surface area contributed by atoms with Gasteiger partial charge >= 0.3 is 0 Å². The van der Waals surface area contributed by atoms with Crippen LogP contribution in [0.25, 0.3) is 6.08 Å². The largest absolute Gasteiger partial charge is 0.377 e. The summed E-state index contributed by atoms with van der Waals surface area (Å²) in [7, 11) is 1.74. The summed E-state index contributed by atoms with van der Waals surface area (Å²) >= 11 is 0. The van der Waals surface area contributed by atoms with Crippen molar-refractivity contribution in [3.63, 3.8) is 0 Å². The Hall–Kier alpha value is -1.08. The summed E-state index contributed by atoms with van der Waals surface area (Å²) in [5.41, 5.74) is 1.22. The molecular weight excluding hydrogens is 160 g/mol. The average molecular weight is 176 g/mol. The van der Waals surface area contributed by atoms with E-state index in [9.17, 15) is 0 Å². The topological polar surface area (TPSA) is 9.23 Å². The molecule has 0 spiro atoms. The first-order chi connectivity index (χ1) is 6.36. The summed E-state index contributed by atoms with van der Waals surface area (Å²) in [5, 5.41) is 0. The van der Waals surface area contributed by atoms with Crippen molar-refractivity contribution >= 4 is 6.08 Å². The van der Waals surface area contributed by atoms with Gasteiger partial charge in [-0.3, -0.25) is 0 Å². The molecule has 1 atom stereocenters. The van der Waals surface area contributed by atoms with Crippen LogP contribution in [0.4, 0.5) is 0 Å². The van der Waals surface area contributed by atoms with Gasteiger partial charge in [-0.15, -0.1) is 0 Å². The van der Waals surface area contributed by atoms with E-state index in [1.54, 1.807) is 7.11 Å². The van der Waals surface area contributed by atoms with Crippen molar-refractivity contribution in [2.45, 2.75) is 19.4 Å². The molecule has 0 amide bonds. The van der Waals surface area contributed by atoms with Crippen molar-refractivity contribution in [1.29, 1.82) is 0 Å². The van der Waals surface area contributed by atoms with E-state index in [1.807, 2.05) is 18.2 Å². The Morgan fingerprint density at radius 3 is 2.54 bits per heavy atom. The molecule has 0 aromatic heterocycles. The van der Waals surface area contributed by atoms with Crippen LogP contribution in [0.15, 0.2) is 36.4 Å². The second-order valence-corrected chi connectivity index (χ2v) is 2.95. The molecule has 1 nitrogen and oxygen atoms in total. The maximum atomic E-state index is 5.23. The Morgan fingerprint density at radius 1 is 1.31 bits per heavy atom. The van der Waals surface area contributed by atoms with Crippen molar-refractivity contribution in [2.75, 3.05) is 7.11 Å². The average Bonchev–Trinajstić information content (AvgIpc) is 2.21. The normalized spacial score (nSPS) is 13.4. The number of benzene rings is 1. The zero-order chi connectivity index (χ0) is 9.52. The summed E-state index contributed by atoms with van der Waals surface area (Å²) in [6.45, 7) is 2.11. The van der Waals surface area contributed by atoms with Crippen LogP contribution in [-0.2, 0) is 4.74 Å².